The van der Waals surface area contributed by atoms with E-state index in [1.165, 1.54) is 18.6 Å². The smallest absolute Gasteiger partial charge is 0.161 e. The zero-order chi connectivity index (χ0) is 15.8. The van der Waals surface area contributed by atoms with Crippen LogP contribution in [0.3, 0.4) is 0 Å². The van der Waals surface area contributed by atoms with Gasteiger partial charge in [0.25, 0.3) is 0 Å². The Balaban J connectivity index is 1.87. The van der Waals surface area contributed by atoms with Crippen molar-refractivity contribution >= 4 is 11.5 Å². The van der Waals surface area contributed by atoms with E-state index in [9.17, 15) is 10.1 Å². The van der Waals surface area contributed by atoms with E-state index in [0.717, 1.165) is 42.5 Å². The van der Waals surface area contributed by atoms with Crippen LogP contribution in [0.2, 0.25) is 0 Å². The number of benzene rings is 1. The molecule has 0 saturated heterocycles. The highest BCUT2D eigenvalue weighted by Gasteiger charge is 2.40. The lowest BCUT2D eigenvalue weighted by Crippen LogP contribution is -2.34. The Hall–Kier alpha value is -2.21. The summed E-state index contributed by atoms with van der Waals surface area (Å²) in [4.78, 5) is 17.6. The molecule has 1 heterocycles. The highest BCUT2D eigenvalue weighted by atomic mass is 16.1. The van der Waals surface area contributed by atoms with Crippen LogP contribution >= 0.6 is 0 Å². The zero-order valence-electron chi connectivity index (χ0n) is 13.2. The van der Waals surface area contributed by atoms with Gasteiger partial charge in [0.1, 0.15) is 0 Å². The molecule has 0 spiro atoms. The molecule has 1 fully saturated rings. The van der Waals surface area contributed by atoms with Crippen molar-refractivity contribution in [1.82, 2.24) is 0 Å². The minimum atomic E-state index is 0.110. The number of aliphatic imine (C=N–C) groups is 1. The Kier molecular flexibility index (Phi) is 3.61. The standard InChI is InChI=1S/C20H20N2O/c21-12-13-5-3-6-14(11-13)19-15-7-1-2-8-16(15)22-17-9-4-10-18(23)20(17)19/h3,5-6,11,15,19H,1-2,4,7-10H2. The largest absolute Gasteiger partial charge is 0.294 e. The molecule has 3 nitrogen and oxygen atoms in total. The number of hydrogen-bond donors (Lipinski definition) is 0. The van der Waals surface area contributed by atoms with Crippen molar-refractivity contribution in [2.75, 3.05) is 0 Å². The summed E-state index contributed by atoms with van der Waals surface area (Å²) in [5.41, 5.74) is 5.06. The molecule has 2 aliphatic carbocycles. The number of allylic oxidation sites excluding steroid dienone is 2. The number of carbonyl (C=O) groups is 1. The molecule has 0 amide bonds. The number of rotatable bonds is 1. The van der Waals surface area contributed by atoms with E-state index in [0.29, 0.717) is 17.9 Å². The third-order valence-corrected chi connectivity index (χ3v) is 5.42. The summed E-state index contributed by atoms with van der Waals surface area (Å²) in [6.07, 6.45) is 7.06. The second-order valence-electron chi connectivity index (χ2n) is 6.81. The number of ketones is 1. The molecule has 1 aliphatic heterocycles. The van der Waals surface area contributed by atoms with Crippen LogP contribution in [0, 0.1) is 17.2 Å². The Morgan fingerprint density at radius 2 is 2.04 bits per heavy atom. The third-order valence-electron chi connectivity index (χ3n) is 5.42. The van der Waals surface area contributed by atoms with Gasteiger partial charge < -0.3 is 0 Å². The van der Waals surface area contributed by atoms with Gasteiger partial charge in [-0.3, -0.25) is 9.79 Å². The number of nitrogens with zero attached hydrogens (tertiary/aromatic N) is 2. The van der Waals surface area contributed by atoms with Crippen LogP contribution in [-0.2, 0) is 4.79 Å². The fraction of sp³-hybridized carbons (Fsp3) is 0.450. The molecule has 0 bridgehead atoms. The second kappa shape index (κ2) is 5.77. The summed E-state index contributed by atoms with van der Waals surface area (Å²) in [6, 6.07) is 10.1. The molecular formula is C20H20N2O. The van der Waals surface area contributed by atoms with Gasteiger partial charge in [0, 0.05) is 35.2 Å². The number of Topliss-reactive ketones (excluding diaryl/α,β-unsaturated/α-hetero) is 1. The van der Waals surface area contributed by atoms with Crippen molar-refractivity contribution in [2.45, 2.75) is 50.9 Å². The van der Waals surface area contributed by atoms with Crippen LogP contribution in [0.25, 0.3) is 0 Å². The number of hydrogen-bond acceptors (Lipinski definition) is 3. The predicted molar refractivity (Wildman–Crippen MR) is 89.2 cm³/mol. The minimum Gasteiger partial charge on any atom is -0.294 e. The molecule has 1 aromatic carbocycles. The van der Waals surface area contributed by atoms with Crippen LogP contribution < -0.4 is 0 Å². The van der Waals surface area contributed by atoms with Crippen LogP contribution in [0.1, 0.15) is 62.0 Å². The van der Waals surface area contributed by atoms with Crippen molar-refractivity contribution < 1.29 is 4.79 Å². The fourth-order valence-electron chi connectivity index (χ4n) is 4.41. The Morgan fingerprint density at radius 3 is 2.91 bits per heavy atom. The van der Waals surface area contributed by atoms with Gasteiger partial charge in [0.15, 0.2) is 5.78 Å². The van der Waals surface area contributed by atoms with E-state index in [1.54, 1.807) is 0 Å². The van der Waals surface area contributed by atoms with E-state index in [1.807, 2.05) is 18.2 Å². The van der Waals surface area contributed by atoms with Gasteiger partial charge in [-0.1, -0.05) is 18.6 Å². The molecule has 1 aromatic rings. The molecular weight excluding hydrogens is 284 g/mol. The van der Waals surface area contributed by atoms with E-state index in [2.05, 4.69) is 12.1 Å². The van der Waals surface area contributed by atoms with Gasteiger partial charge in [-0.2, -0.15) is 5.26 Å². The van der Waals surface area contributed by atoms with Gasteiger partial charge in [0.05, 0.1) is 11.6 Å². The molecule has 0 aromatic heterocycles. The van der Waals surface area contributed by atoms with Gasteiger partial charge >= 0.3 is 0 Å². The van der Waals surface area contributed by atoms with E-state index in [-0.39, 0.29) is 11.7 Å². The maximum atomic E-state index is 12.6. The van der Waals surface area contributed by atoms with E-state index in [4.69, 9.17) is 4.99 Å². The number of nitriles is 1. The molecule has 2 atom stereocenters. The quantitative estimate of drug-likeness (QED) is 0.777. The Bertz CT molecular complexity index is 766. The normalized spacial score (nSPS) is 26.9. The molecule has 1 saturated carbocycles. The first kappa shape index (κ1) is 14.4. The molecule has 0 N–H and O–H groups in total. The lowest BCUT2D eigenvalue weighted by Gasteiger charge is -2.38. The lowest BCUT2D eigenvalue weighted by atomic mass is 9.67. The summed E-state index contributed by atoms with van der Waals surface area (Å²) in [7, 11) is 0. The second-order valence-corrected chi connectivity index (χ2v) is 6.81. The van der Waals surface area contributed by atoms with Crippen molar-refractivity contribution in [3.05, 3.63) is 46.7 Å². The molecule has 4 rings (SSSR count). The minimum absolute atomic E-state index is 0.110. The Labute approximate surface area is 136 Å². The van der Waals surface area contributed by atoms with Crippen LogP contribution in [-0.4, -0.2) is 11.5 Å². The lowest BCUT2D eigenvalue weighted by molar-refractivity contribution is -0.116. The van der Waals surface area contributed by atoms with Crippen molar-refractivity contribution in [1.29, 1.82) is 5.26 Å². The summed E-state index contributed by atoms with van der Waals surface area (Å²) < 4.78 is 0. The SMILES string of the molecule is N#Cc1cccc(C2C3=C(CCCC3=O)N=C3CCCCC32)c1. The van der Waals surface area contributed by atoms with E-state index < -0.39 is 0 Å². The first-order valence-electron chi connectivity index (χ1n) is 8.61. The third kappa shape index (κ3) is 2.43. The van der Waals surface area contributed by atoms with Crippen molar-refractivity contribution in [3.8, 4) is 6.07 Å². The number of fused-ring (bicyclic) bond motifs is 1. The summed E-state index contributed by atoms with van der Waals surface area (Å²) in [5.74, 6) is 0.726. The van der Waals surface area contributed by atoms with Crippen LogP contribution in [0.15, 0.2) is 40.5 Å². The van der Waals surface area contributed by atoms with Crippen molar-refractivity contribution in [3.63, 3.8) is 0 Å². The predicted octanol–water partition coefficient (Wildman–Crippen LogP) is 4.29. The van der Waals surface area contributed by atoms with E-state index >= 15 is 0 Å². The fourth-order valence-corrected chi connectivity index (χ4v) is 4.41. The van der Waals surface area contributed by atoms with Crippen LogP contribution in [0.5, 0.6) is 0 Å². The highest BCUT2D eigenvalue weighted by molar-refractivity contribution is 6.02. The van der Waals surface area contributed by atoms with Crippen molar-refractivity contribution in [2.24, 2.45) is 10.9 Å². The first-order chi connectivity index (χ1) is 11.3. The van der Waals surface area contributed by atoms with Gasteiger partial charge in [-0.05, 0) is 49.8 Å². The molecule has 3 aliphatic rings. The molecule has 116 valence electrons. The monoisotopic (exact) mass is 304 g/mol. The maximum absolute atomic E-state index is 12.6. The zero-order valence-corrected chi connectivity index (χ0v) is 13.2. The number of carbonyl (C=O) groups excluding carboxylic acids is 1. The van der Waals surface area contributed by atoms with Gasteiger partial charge in [0.2, 0.25) is 0 Å². The summed E-state index contributed by atoms with van der Waals surface area (Å²) in [6.45, 7) is 0. The van der Waals surface area contributed by atoms with Gasteiger partial charge in [-0.25, -0.2) is 0 Å². The van der Waals surface area contributed by atoms with Crippen LogP contribution in [0.4, 0.5) is 0 Å². The topological polar surface area (TPSA) is 53.2 Å². The molecule has 2 unspecified atom stereocenters. The Morgan fingerprint density at radius 1 is 1.13 bits per heavy atom. The average molecular weight is 304 g/mol. The molecule has 3 heteroatoms. The summed E-state index contributed by atoms with van der Waals surface area (Å²) in [5, 5.41) is 9.22. The molecule has 23 heavy (non-hydrogen) atoms. The average Bonchev–Trinajstić information content (AvgIpc) is 2.60. The highest BCUT2D eigenvalue weighted by Crippen LogP contribution is 2.47. The first-order valence-corrected chi connectivity index (χ1v) is 8.61. The van der Waals surface area contributed by atoms with Gasteiger partial charge in [-0.15, -0.1) is 0 Å². The summed E-state index contributed by atoms with van der Waals surface area (Å²) >= 11 is 0. The molecule has 0 radical (unpaired) electrons. The maximum Gasteiger partial charge on any atom is 0.161 e.